The molecule has 8 nitrogen and oxygen atoms in total. The lowest BCUT2D eigenvalue weighted by atomic mass is 9.49. The third-order valence-corrected chi connectivity index (χ3v) is 8.28. The molecule has 2 N–H and O–H groups in total. The number of ether oxygens (including phenoxy) is 2. The highest BCUT2D eigenvalue weighted by Gasteiger charge is 2.64. The fourth-order valence-electron chi connectivity index (χ4n) is 6.60. The Morgan fingerprint density at radius 1 is 1.18 bits per heavy atom. The molecule has 1 amide bonds. The Morgan fingerprint density at radius 2 is 1.92 bits per heavy atom. The van der Waals surface area contributed by atoms with Crippen LogP contribution in [0.4, 0.5) is 10.5 Å². The van der Waals surface area contributed by atoms with Crippen molar-refractivity contribution >= 4 is 23.5 Å². The zero-order valence-corrected chi connectivity index (χ0v) is 22.8. The van der Waals surface area contributed by atoms with Crippen molar-refractivity contribution in [2.75, 3.05) is 18.4 Å². The molecule has 2 fully saturated rings. The lowest BCUT2D eigenvalue weighted by molar-refractivity contribution is -0.170. The number of carbonyl (C=O) groups is 3. The van der Waals surface area contributed by atoms with Crippen LogP contribution >= 0.6 is 0 Å². The summed E-state index contributed by atoms with van der Waals surface area (Å²) in [6.45, 7) is 10.7. The van der Waals surface area contributed by atoms with Crippen LogP contribution < -0.4 is 10.1 Å². The van der Waals surface area contributed by atoms with E-state index in [1.165, 1.54) is 0 Å². The van der Waals surface area contributed by atoms with E-state index in [0.29, 0.717) is 49.2 Å². The van der Waals surface area contributed by atoms with Crippen LogP contribution in [0.1, 0.15) is 67.9 Å². The first-order valence-electron chi connectivity index (χ1n) is 13.5. The summed E-state index contributed by atoms with van der Waals surface area (Å²) >= 11 is 0. The Kier molecular flexibility index (Phi) is 6.89. The number of amides is 1. The Bertz CT molecular complexity index is 1310. The molecular formula is C31H36N2O6. The van der Waals surface area contributed by atoms with Gasteiger partial charge < -0.3 is 14.6 Å². The van der Waals surface area contributed by atoms with Crippen molar-refractivity contribution in [3.63, 3.8) is 0 Å². The summed E-state index contributed by atoms with van der Waals surface area (Å²) in [6.07, 6.45) is 3.57. The highest BCUT2D eigenvalue weighted by atomic mass is 16.6. The molecule has 39 heavy (non-hydrogen) atoms. The number of Topliss-reactive ketones (excluding diaryl/α,β-unsaturated/α-hetero) is 1. The summed E-state index contributed by atoms with van der Waals surface area (Å²) in [7, 11) is 0. The number of rotatable bonds is 5. The van der Waals surface area contributed by atoms with Crippen LogP contribution in [0.2, 0.25) is 0 Å². The van der Waals surface area contributed by atoms with E-state index in [9.17, 15) is 19.5 Å². The van der Waals surface area contributed by atoms with Crippen LogP contribution in [0.3, 0.4) is 0 Å². The zero-order valence-electron chi connectivity index (χ0n) is 22.8. The molecule has 0 unspecified atom stereocenters. The number of hydrogen-bond acceptors (Lipinski definition) is 7. The Balaban J connectivity index is 1.35. The van der Waals surface area contributed by atoms with Gasteiger partial charge in [-0.05, 0) is 94.1 Å². The fourth-order valence-corrected chi connectivity index (χ4v) is 6.60. The molecule has 206 valence electrons. The van der Waals surface area contributed by atoms with Crippen molar-refractivity contribution in [1.82, 2.24) is 4.90 Å². The second-order valence-electron chi connectivity index (χ2n) is 11.9. The average Bonchev–Trinajstić information content (AvgIpc) is 2.86. The monoisotopic (exact) mass is 532 g/mol. The van der Waals surface area contributed by atoms with E-state index in [2.05, 4.69) is 16.8 Å². The highest BCUT2D eigenvalue weighted by molar-refractivity contribution is 5.91. The minimum Gasteiger partial charge on any atom is -0.456 e. The summed E-state index contributed by atoms with van der Waals surface area (Å²) in [6, 6.07) is 11.8. The number of likely N-dealkylation sites (tertiary alicyclic amines) is 1. The van der Waals surface area contributed by atoms with Gasteiger partial charge in [-0.1, -0.05) is 12.1 Å². The number of fused-ring (bicyclic) bond motifs is 1. The van der Waals surface area contributed by atoms with Crippen LogP contribution in [0, 0.1) is 0 Å². The summed E-state index contributed by atoms with van der Waals surface area (Å²) in [4.78, 5) is 40.0. The number of aliphatic hydroxyl groups is 1. The summed E-state index contributed by atoms with van der Waals surface area (Å²) < 4.78 is 11.0. The van der Waals surface area contributed by atoms with Crippen molar-refractivity contribution in [3.05, 3.63) is 71.8 Å². The van der Waals surface area contributed by atoms with Gasteiger partial charge in [0, 0.05) is 36.5 Å². The van der Waals surface area contributed by atoms with E-state index in [4.69, 9.17) is 9.47 Å². The molecule has 2 aromatic rings. The quantitative estimate of drug-likeness (QED) is 0.421. The van der Waals surface area contributed by atoms with E-state index < -0.39 is 28.7 Å². The van der Waals surface area contributed by atoms with Crippen LogP contribution in [0.15, 0.2) is 55.1 Å². The molecule has 1 saturated carbocycles. The van der Waals surface area contributed by atoms with E-state index in [1.54, 1.807) is 51.1 Å². The van der Waals surface area contributed by atoms with E-state index >= 15 is 0 Å². The molecule has 3 atom stereocenters. The molecule has 1 aliphatic heterocycles. The summed E-state index contributed by atoms with van der Waals surface area (Å²) in [5.74, 6) is 0.0597. The van der Waals surface area contributed by atoms with Gasteiger partial charge in [0.05, 0.1) is 11.2 Å². The van der Waals surface area contributed by atoms with Crippen molar-refractivity contribution < 1.29 is 29.0 Å². The molecule has 1 saturated heterocycles. The van der Waals surface area contributed by atoms with Gasteiger partial charge in [-0.2, -0.15) is 0 Å². The van der Waals surface area contributed by atoms with Crippen molar-refractivity contribution in [3.8, 4) is 5.75 Å². The number of esters is 1. The maximum Gasteiger partial charge on any atom is 0.417 e. The van der Waals surface area contributed by atoms with E-state index in [-0.39, 0.29) is 18.2 Å². The molecule has 1 heterocycles. The highest BCUT2D eigenvalue weighted by Crippen LogP contribution is 2.57. The number of hydrogen-bond donors (Lipinski definition) is 2. The average molecular weight is 533 g/mol. The first kappa shape index (κ1) is 27.1. The lowest BCUT2D eigenvalue weighted by Crippen LogP contribution is -2.73. The second kappa shape index (κ2) is 9.92. The molecular weight excluding hydrogens is 496 g/mol. The van der Waals surface area contributed by atoms with Gasteiger partial charge in [0.1, 0.15) is 17.1 Å². The molecule has 2 aliphatic carbocycles. The molecule has 3 aliphatic rings. The number of ketones is 1. The number of piperidine rings is 1. The molecule has 2 aromatic carbocycles. The number of nitrogens with zero attached hydrogens (tertiary/aromatic N) is 1. The van der Waals surface area contributed by atoms with Crippen LogP contribution in [0.25, 0.3) is 0 Å². The fraction of sp³-hybridized carbons (Fsp3) is 0.452. The van der Waals surface area contributed by atoms with Crippen molar-refractivity contribution in [1.29, 1.82) is 0 Å². The number of nitrogens with one attached hydrogen (secondary N) is 1. The topological polar surface area (TPSA) is 105 Å². The van der Waals surface area contributed by atoms with Gasteiger partial charge >= 0.3 is 12.1 Å². The third kappa shape index (κ3) is 4.99. The van der Waals surface area contributed by atoms with Crippen LogP contribution in [-0.4, -0.2) is 58.2 Å². The third-order valence-electron chi connectivity index (χ3n) is 8.28. The molecule has 2 bridgehead atoms. The standard InChI is InChI=1S/C31H36N2O6/c1-5-15-33-16-14-30-19-23(34)12-13-31(30,37)26(33)17-21-8-11-24(18-25(21)30)38-28(36)32-22-9-6-20(7-10-22)27(35)39-29(2,3)4/h5-11,18,26,37H,1,12-17,19H2,2-4H3,(H,32,36)/t26-,30+,31+/m0/s1. The number of anilines is 1. The van der Waals surface area contributed by atoms with Gasteiger partial charge in [0.25, 0.3) is 0 Å². The lowest BCUT2D eigenvalue weighted by Gasteiger charge is -2.63. The van der Waals surface area contributed by atoms with Gasteiger partial charge in [-0.25, -0.2) is 9.59 Å². The van der Waals surface area contributed by atoms with Crippen LogP contribution in [-0.2, 0) is 21.4 Å². The Labute approximate surface area is 229 Å². The number of benzene rings is 2. The first-order chi connectivity index (χ1) is 18.4. The molecule has 0 spiro atoms. The largest absolute Gasteiger partial charge is 0.456 e. The molecule has 0 aromatic heterocycles. The second-order valence-corrected chi connectivity index (χ2v) is 11.9. The van der Waals surface area contributed by atoms with Gasteiger partial charge in [-0.15, -0.1) is 6.58 Å². The first-order valence-corrected chi connectivity index (χ1v) is 13.5. The molecule has 8 heteroatoms. The normalized spacial score (nSPS) is 26.2. The Hall–Kier alpha value is -3.49. The van der Waals surface area contributed by atoms with Crippen LogP contribution in [0.5, 0.6) is 5.75 Å². The maximum absolute atomic E-state index is 12.7. The predicted molar refractivity (Wildman–Crippen MR) is 147 cm³/mol. The van der Waals surface area contributed by atoms with Crippen molar-refractivity contribution in [2.45, 2.75) is 75.5 Å². The van der Waals surface area contributed by atoms with Gasteiger partial charge in [0.2, 0.25) is 0 Å². The zero-order chi connectivity index (χ0) is 28.0. The maximum atomic E-state index is 12.7. The van der Waals surface area contributed by atoms with Gasteiger partial charge in [-0.3, -0.25) is 15.0 Å². The summed E-state index contributed by atoms with van der Waals surface area (Å²) in [5.41, 5.74) is 0.477. The smallest absolute Gasteiger partial charge is 0.417 e. The minimum atomic E-state index is -1.04. The minimum absolute atomic E-state index is 0.0939. The molecule has 5 rings (SSSR count). The number of carbonyl (C=O) groups excluding carboxylic acids is 3. The predicted octanol–water partition coefficient (Wildman–Crippen LogP) is 4.79. The molecule has 0 radical (unpaired) electrons. The SMILES string of the molecule is C=CCN1CC[C@]23CC(=O)CC[C@@]2(O)[C@@H]1Cc1ccc(OC(=O)Nc2ccc(C(=O)OC(C)(C)C)cc2)cc13. The van der Waals surface area contributed by atoms with Gasteiger partial charge in [0.15, 0.2) is 0 Å². The Morgan fingerprint density at radius 3 is 2.62 bits per heavy atom. The summed E-state index contributed by atoms with van der Waals surface area (Å²) in [5, 5.41) is 14.8. The van der Waals surface area contributed by atoms with E-state index in [0.717, 1.165) is 17.7 Å². The van der Waals surface area contributed by atoms with Crippen molar-refractivity contribution in [2.24, 2.45) is 0 Å². The van der Waals surface area contributed by atoms with E-state index in [1.807, 2.05) is 18.2 Å².